The summed E-state index contributed by atoms with van der Waals surface area (Å²) < 4.78 is 5.46. The summed E-state index contributed by atoms with van der Waals surface area (Å²) in [7, 11) is 0. The number of aromatic hydroxyl groups is 1. The van der Waals surface area contributed by atoms with Crippen LogP contribution in [0.2, 0.25) is 0 Å². The van der Waals surface area contributed by atoms with E-state index in [1.807, 2.05) is 48.7 Å². The molecule has 0 saturated heterocycles. The van der Waals surface area contributed by atoms with E-state index in [0.717, 1.165) is 23.6 Å². The molecule has 226 valence electrons. The largest absolute Gasteiger partial charge is 0.508 e. The average Bonchev–Trinajstić information content (AvgIpc) is 2.94. The molecule has 0 saturated carbocycles. The number of nitrogens with one attached hydrogen (secondary N) is 2. The summed E-state index contributed by atoms with van der Waals surface area (Å²) in [6, 6.07) is 18.0. The molecule has 0 fully saturated rings. The number of phenolic OH excluding ortho intramolecular Hbond substituents is 1. The maximum atomic E-state index is 14.3. The number of carbonyl (C=O) groups excluding carboxylic acids is 3. The number of rotatable bonds is 13. The summed E-state index contributed by atoms with van der Waals surface area (Å²) in [5, 5.41) is 17.8. The number of thioether (sulfide) groups is 1. The number of nitrogens with zero attached hydrogens (tertiary/aromatic N) is 1. The maximum Gasteiger partial charge on any atom is 0.408 e. The molecule has 2 atom stereocenters. The van der Waals surface area contributed by atoms with Crippen LogP contribution >= 0.6 is 11.8 Å². The Morgan fingerprint density at radius 2 is 1.67 bits per heavy atom. The predicted molar refractivity (Wildman–Crippen MR) is 171 cm³/mol. The highest BCUT2D eigenvalue weighted by atomic mass is 32.2. The molecule has 3 N–H and O–H groups in total. The van der Waals surface area contributed by atoms with E-state index in [4.69, 9.17) is 4.74 Å². The number of fused-ring (bicyclic) bond motifs is 1. The van der Waals surface area contributed by atoms with Crippen molar-refractivity contribution in [1.29, 1.82) is 0 Å². The number of carbonyl (C=O) groups is 3. The fraction of sp³-hybridized carbons (Fsp3) is 0.424. The van der Waals surface area contributed by atoms with Gasteiger partial charge in [-0.15, -0.1) is 0 Å². The lowest BCUT2D eigenvalue weighted by Gasteiger charge is -2.34. The minimum atomic E-state index is -1.00. The SMILES string of the molecule is CCCCCN(C(=O)C(CCSC)NC(=O)OC(C)(C)C)C(C(=O)Nc1ccc2ccccc2c1)c1ccc(O)cc1. The van der Waals surface area contributed by atoms with Crippen molar-refractivity contribution >= 4 is 46.1 Å². The van der Waals surface area contributed by atoms with E-state index in [0.29, 0.717) is 36.4 Å². The maximum absolute atomic E-state index is 14.3. The Morgan fingerprint density at radius 1 is 0.976 bits per heavy atom. The molecule has 0 spiro atoms. The molecule has 0 radical (unpaired) electrons. The van der Waals surface area contributed by atoms with E-state index in [1.54, 1.807) is 49.6 Å². The number of amides is 3. The van der Waals surface area contributed by atoms with Gasteiger partial charge in [-0.3, -0.25) is 9.59 Å². The fourth-order valence-electron chi connectivity index (χ4n) is 4.65. The third-order valence-corrected chi connectivity index (χ3v) is 7.32. The van der Waals surface area contributed by atoms with E-state index >= 15 is 0 Å². The van der Waals surface area contributed by atoms with E-state index in [9.17, 15) is 19.5 Å². The van der Waals surface area contributed by atoms with Gasteiger partial charge < -0.3 is 25.4 Å². The monoisotopic (exact) mass is 593 g/mol. The predicted octanol–water partition coefficient (Wildman–Crippen LogP) is 6.89. The van der Waals surface area contributed by atoms with Crippen LogP contribution in [0.5, 0.6) is 5.75 Å². The van der Waals surface area contributed by atoms with Crippen LogP contribution in [0.25, 0.3) is 10.8 Å². The molecule has 9 heteroatoms. The van der Waals surface area contributed by atoms with Gasteiger partial charge in [0.25, 0.3) is 5.91 Å². The quantitative estimate of drug-likeness (QED) is 0.186. The van der Waals surface area contributed by atoms with E-state index in [-0.39, 0.29) is 17.6 Å². The molecule has 0 aliphatic rings. The zero-order valence-corrected chi connectivity index (χ0v) is 26.0. The molecule has 0 aliphatic heterocycles. The molecule has 3 rings (SSSR count). The first-order valence-electron chi connectivity index (χ1n) is 14.4. The van der Waals surface area contributed by atoms with Gasteiger partial charge in [0.1, 0.15) is 23.4 Å². The van der Waals surface area contributed by atoms with E-state index in [1.165, 1.54) is 12.1 Å². The summed E-state index contributed by atoms with van der Waals surface area (Å²) in [5.74, 6) is -0.0671. The third kappa shape index (κ3) is 9.69. The number of phenols is 1. The standard InChI is InChI=1S/C33H43N3O5S/c1-6-7-10-20-36(31(39)28(19-21-42-5)35-32(40)41-33(2,3)4)29(24-14-17-27(37)18-15-24)30(38)34-26-16-13-23-11-8-9-12-25(23)22-26/h8-9,11-18,22,28-29,37H,6-7,10,19-21H2,1-5H3,(H,34,38)(H,35,40). The smallest absolute Gasteiger partial charge is 0.408 e. The second-order valence-corrected chi connectivity index (χ2v) is 12.2. The Morgan fingerprint density at radius 3 is 2.31 bits per heavy atom. The molecule has 0 aliphatic carbocycles. The Balaban J connectivity index is 2.01. The summed E-state index contributed by atoms with van der Waals surface area (Å²) in [6.45, 7) is 7.68. The van der Waals surface area contributed by atoms with Crippen LogP contribution in [0.3, 0.4) is 0 Å². The average molecular weight is 594 g/mol. The molecule has 3 amide bonds. The van der Waals surface area contributed by atoms with Crippen molar-refractivity contribution in [3.63, 3.8) is 0 Å². The van der Waals surface area contributed by atoms with Crippen LogP contribution in [0.15, 0.2) is 66.7 Å². The van der Waals surface area contributed by atoms with Gasteiger partial charge in [0.15, 0.2) is 0 Å². The van der Waals surface area contributed by atoms with Gasteiger partial charge in [0, 0.05) is 12.2 Å². The summed E-state index contributed by atoms with van der Waals surface area (Å²) in [5.41, 5.74) is 0.429. The minimum Gasteiger partial charge on any atom is -0.508 e. The molecule has 42 heavy (non-hydrogen) atoms. The lowest BCUT2D eigenvalue weighted by atomic mass is 10.0. The minimum absolute atomic E-state index is 0.0562. The molecular weight excluding hydrogens is 550 g/mol. The topological polar surface area (TPSA) is 108 Å². The second kappa shape index (κ2) is 15.5. The van der Waals surface area contributed by atoms with Gasteiger partial charge in [0.2, 0.25) is 5.91 Å². The lowest BCUT2D eigenvalue weighted by molar-refractivity contribution is -0.141. The first-order valence-corrected chi connectivity index (χ1v) is 15.8. The van der Waals surface area contributed by atoms with Crippen LogP contribution in [0.1, 0.15) is 65.0 Å². The van der Waals surface area contributed by atoms with Crippen LogP contribution in [-0.4, -0.2) is 58.1 Å². The number of unbranched alkanes of at least 4 members (excludes halogenated alkanes) is 2. The molecule has 0 bridgehead atoms. The highest BCUT2D eigenvalue weighted by molar-refractivity contribution is 7.98. The molecule has 2 unspecified atom stereocenters. The van der Waals surface area contributed by atoms with Gasteiger partial charge in [-0.25, -0.2) is 4.79 Å². The highest BCUT2D eigenvalue weighted by Crippen LogP contribution is 2.28. The number of benzene rings is 3. The van der Waals surface area contributed by atoms with Crippen LogP contribution in [0.4, 0.5) is 10.5 Å². The number of hydrogen-bond acceptors (Lipinski definition) is 6. The zero-order valence-electron chi connectivity index (χ0n) is 25.2. The number of hydrogen-bond donors (Lipinski definition) is 3. The zero-order chi connectivity index (χ0) is 30.7. The molecular formula is C33H43N3O5S. The van der Waals surface area contributed by atoms with E-state index < -0.39 is 23.8 Å². The van der Waals surface area contributed by atoms with Gasteiger partial charge in [-0.1, -0.05) is 62.2 Å². The Hall–Kier alpha value is -3.72. The van der Waals surface area contributed by atoms with Crippen molar-refractivity contribution in [2.75, 3.05) is 23.9 Å². The molecule has 3 aromatic rings. The highest BCUT2D eigenvalue weighted by Gasteiger charge is 2.36. The Bertz CT molecular complexity index is 1340. The van der Waals surface area contributed by atoms with Crippen LogP contribution < -0.4 is 10.6 Å². The third-order valence-electron chi connectivity index (χ3n) is 6.67. The van der Waals surface area contributed by atoms with Crippen molar-refractivity contribution in [3.05, 3.63) is 72.3 Å². The van der Waals surface area contributed by atoms with Crippen molar-refractivity contribution in [3.8, 4) is 5.75 Å². The summed E-state index contributed by atoms with van der Waals surface area (Å²) in [6.07, 6.45) is 4.11. The summed E-state index contributed by atoms with van der Waals surface area (Å²) >= 11 is 1.57. The molecule has 0 heterocycles. The van der Waals surface area contributed by atoms with Crippen molar-refractivity contribution in [1.82, 2.24) is 10.2 Å². The van der Waals surface area contributed by atoms with Gasteiger partial charge in [0.05, 0.1) is 0 Å². The van der Waals surface area contributed by atoms with Gasteiger partial charge >= 0.3 is 6.09 Å². The molecule has 8 nitrogen and oxygen atoms in total. The van der Waals surface area contributed by atoms with Crippen molar-refractivity contribution in [2.45, 2.75) is 71.1 Å². The van der Waals surface area contributed by atoms with Crippen LogP contribution in [-0.2, 0) is 14.3 Å². The lowest BCUT2D eigenvalue weighted by Crippen LogP contribution is -2.52. The number of anilines is 1. The second-order valence-electron chi connectivity index (χ2n) is 11.3. The molecule has 3 aromatic carbocycles. The van der Waals surface area contributed by atoms with Crippen molar-refractivity contribution < 1.29 is 24.2 Å². The van der Waals surface area contributed by atoms with Gasteiger partial charge in [-0.05, 0) is 86.2 Å². The van der Waals surface area contributed by atoms with Gasteiger partial charge in [-0.2, -0.15) is 11.8 Å². The summed E-state index contributed by atoms with van der Waals surface area (Å²) in [4.78, 5) is 42.7. The number of ether oxygens (including phenoxy) is 1. The fourth-order valence-corrected chi connectivity index (χ4v) is 5.12. The first kappa shape index (κ1) is 32.8. The Kier molecular flexibility index (Phi) is 12.1. The number of alkyl carbamates (subject to hydrolysis) is 1. The first-order chi connectivity index (χ1) is 20.0. The normalized spacial score (nSPS) is 12.8. The van der Waals surface area contributed by atoms with E-state index in [2.05, 4.69) is 17.6 Å². The van der Waals surface area contributed by atoms with Crippen LogP contribution in [0, 0.1) is 0 Å². The Labute approximate surface area is 253 Å². The molecule has 0 aromatic heterocycles. The van der Waals surface area contributed by atoms with Crippen molar-refractivity contribution in [2.24, 2.45) is 0 Å².